The van der Waals surface area contributed by atoms with Gasteiger partial charge >= 0.3 is 0 Å². The minimum atomic E-state index is 0.529. The summed E-state index contributed by atoms with van der Waals surface area (Å²) in [6, 6.07) is 2.62. The number of aromatic nitrogens is 1. The van der Waals surface area contributed by atoms with Crippen molar-refractivity contribution in [3.05, 3.63) is 22.9 Å². The van der Waals surface area contributed by atoms with Gasteiger partial charge in [-0.1, -0.05) is 0 Å². The molecular formula is C10H15BrN2S. The third-order valence-electron chi connectivity index (χ3n) is 2.17. The van der Waals surface area contributed by atoms with Gasteiger partial charge in [-0.3, -0.25) is 4.98 Å². The van der Waals surface area contributed by atoms with Crippen molar-refractivity contribution in [2.24, 2.45) is 0 Å². The Labute approximate surface area is 98.2 Å². The third-order valence-corrected chi connectivity index (χ3v) is 3.42. The lowest BCUT2D eigenvalue weighted by atomic mass is 10.3. The minimum absolute atomic E-state index is 0.529. The van der Waals surface area contributed by atoms with Crippen LogP contribution >= 0.6 is 27.7 Å². The Morgan fingerprint density at radius 1 is 1.57 bits per heavy atom. The van der Waals surface area contributed by atoms with Crippen LogP contribution in [0.2, 0.25) is 0 Å². The molecule has 14 heavy (non-hydrogen) atoms. The SMILES string of the molecule is CSCC(C)N(C)c1cncc(Br)c1. The van der Waals surface area contributed by atoms with Crippen LogP contribution in [0.5, 0.6) is 0 Å². The summed E-state index contributed by atoms with van der Waals surface area (Å²) >= 11 is 5.29. The van der Waals surface area contributed by atoms with Gasteiger partial charge in [-0.15, -0.1) is 0 Å². The van der Waals surface area contributed by atoms with Gasteiger partial charge in [0.15, 0.2) is 0 Å². The van der Waals surface area contributed by atoms with Crippen molar-refractivity contribution in [1.82, 2.24) is 4.98 Å². The quantitative estimate of drug-likeness (QED) is 0.840. The number of anilines is 1. The normalized spacial score (nSPS) is 12.6. The second-order valence-electron chi connectivity index (χ2n) is 3.28. The van der Waals surface area contributed by atoms with Crippen LogP contribution < -0.4 is 4.90 Å². The average Bonchev–Trinajstić information content (AvgIpc) is 2.17. The van der Waals surface area contributed by atoms with Crippen LogP contribution in [0.15, 0.2) is 22.9 Å². The Kier molecular flexibility index (Phi) is 4.75. The summed E-state index contributed by atoms with van der Waals surface area (Å²) in [5.74, 6) is 1.13. The van der Waals surface area contributed by atoms with Crippen LogP contribution in [0.1, 0.15) is 6.92 Å². The molecule has 0 amide bonds. The molecule has 0 aliphatic carbocycles. The molecule has 0 N–H and O–H groups in total. The van der Waals surface area contributed by atoms with Gasteiger partial charge in [-0.2, -0.15) is 11.8 Å². The molecule has 0 bridgehead atoms. The van der Waals surface area contributed by atoms with Crippen molar-refractivity contribution in [3.63, 3.8) is 0 Å². The molecule has 1 heterocycles. The maximum atomic E-state index is 4.15. The van der Waals surface area contributed by atoms with Crippen LogP contribution in [0, 0.1) is 0 Å². The van der Waals surface area contributed by atoms with Crippen molar-refractivity contribution in [1.29, 1.82) is 0 Å². The lowest BCUT2D eigenvalue weighted by molar-refractivity contribution is 0.763. The van der Waals surface area contributed by atoms with Crippen molar-refractivity contribution >= 4 is 33.4 Å². The van der Waals surface area contributed by atoms with Crippen LogP contribution in [-0.2, 0) is 0 Å². The number of pyridine rings is 1. The topological polar surface area (TPSA) is 16.1 Å². The Hall–Kier alpha value is -0.220. The highest BCUT2D eigenvalue weighted by atomic mass is 79.9. The first-order valence-electron chi connectivity index (χ1n) is 4.47. The summed E-state index contributed by atoms with van der Waals surface area (Å²) in [4.78, 5) is 6.40. The van der Waals surface area contributed by atoms with Crippen LogP contribution in [0.25, 0.3) is 0 Å². The smallest absolute Gasteiger partial charge is 0.0564 e. The summed E-state index contributed by atoms with van der Waals surface area (Å²) in [5.41, 5.74) is 1.15. The fourth-order valence-corrected chi connectivity index (χ4v) is 2.26. The molecule has 1 rings (SSSR count). The van der Waals surface area contributed by atoms with Crippen LogP contribution in [-0.4, -0.2) is 30.1 Å². The maximum Gasteiger partial charge on any atom is 0.0564 e. The molecule has 0 radical (unpaired) electrons. The van der Waals surface area contributed by atoms with Gasteiger partial charge in [0.05, 0.1) is 11.9 Å². The Morgan fingerprint density at radius 2 is 2.29 bits per heavy atom. The Balaban J connectivity index is 2.73. The standard InChI is InChI=1S/C10H15BrN2S/c1-8(7-14-3)13(2)10-4-9(11)5-12-6-10/h4-6,8H,7H2,1-3H3. The molecule has 0 aliphatic heterocycles. The highest BCUT2D eigenvalue weighted by molar-refractivity contribution is 9.10. The minimum Gasteiger partial charge on any atom is -0.370 e. The van der Waals surface area contributed by atoms with Gasteiger partial charge in [0, 0.05) is 29.5 Å². The van der Waals surface area contributed by atoms with E-state index in [0.29, 0.717) is 6.04 Å². The predicted octanol–water partition coefficient (Wildman–Crippen LogP) is 3.03. The van der Waals surface area contributed by atoms with Gasteiger partial charge in [-0.05, 0) is 35.2 Å². The molecule has 0 aliphatic rings. The first-order chi connectivity index (χ1) is 6.65. The fourth-order valence-electron chi connectivity index (χ4n) is 1.20. The summed E-state index contributed by atoms with van der Waals surface area (Å²) in [6.07, 6.45) is 5.82. The van der Waals surface area contributed by atoms with Crippen molar-refractivity contribution < 1.29 is 0 Å². The van der Waals surface area contributed by atoms with E-state index in [-0.39, 0.29) is 0 Å². The predicted molar refractivity (Wildman–Crippen MR) is 68.2 cm³/mol. The molecule has 1 aromatic heterocycles. The maximum absolute atomic E-state index is 4.15. The van der Waals surface area contributed by atoms with E-state index in [1.165, 1.54) is 0 Å². The Bertz CT molecular complexity index is 293. The average molecular weight is 275 g/mol. The Morgan fingerprint density at radius 3 is 2.86 bits per heavy atom. The molecule has 0 saturated carbocycles. The molecule has 1 unspecified atom stereocenters. The van der Waals surface area contributed by atoms with E-state index in [9.17, 15) is 0 Å². The first-order valence-corrected chi connectivity index (χ1v) is 6.66. The molecule has 1 atom stereocenters. The van der Waals surface area contributed by atoms with E-state index in [0.717, 1.165) is 15.9 Å². The highest BCUT2D eigenvalue weighted by Gasteiger charge is 2.09. The van der Waals surface area contributed by atoms with Crippen molar-refractivity contribution in [2.75, 3.05) is 24.0 Å². The number of rotatable bonds is 4. The van der Waals surface area contributed by atoms with E-state index < -0.39 is 0 Å². The van der Waals surface area contributed by atoms with Crippen LogP contribution in [0.4, 0.5) is 5.69 Å². The van der Waals surface area contributed by atoms with E-state index in [1.807, 2.05) is 18.0 Å². The van der Waals surface area contributed by atoms with Gasteiger partial charge in [0.1, 0.15) is 0 Å². The number of hydrogen-bond acceptors (Lipinski definition) is 3. The van der Waals surface area contributed by atoms with Gasteiger partial charge in [-0.25, -0.2) is 0 Å². The lowest BCUT2D eigenvalue weighted by Gasteiger charge is -2.26. The second-order valence-corrected chi connectivity index (χ2v) is 5.10. The van der Waals surface area contributed by atoms with Crippen molar-refractivity contribution in [3.8, 4) is 0 Å². The summed E-state index contributed by atoms with van der Waals surface area (Å²) in [7, 11) is 2.10. The zero-order valence-electron chi connectivity index (χ0n) is 8.70. The molecule has 78 valence electrons. The van der Waals surface area contributed by atoms with E-state index >= 15 is 0 Å². The summed E-state index contributed by atoms with van der Waals surface area (Å²) in [6.45, 7) is 2.22. The lowest BCUT2D eigenvalue weighted by Crippen LogP contribution is -2.30. The number of halogens is 1. The monoisotopic (exact) mass is 274 g/mol. The van der Waals surface area contributed by atoms with Crippen LogP contribution in [0.3, 0.4) is 0 Å². The highest BCUT2D eigenvalue weighted by Crippen LogP contribution is 2.19. The van der Waals surface area contributed by atoms with Gasteiger partial charge < -0.3 is 4.90 Å². The van der Waals surface area contributed by atoms with Gasteiger partial charge in [0.2, 0.25) is 0 Å². The molecule has 1 aromatic rings. The fraction of sp³-hybridized carbons (Fsp3) is 0.500. The zero-order chi connectivity index (χ0) is 10.6. The van der Waals surface area contributed by atoms with Crippen molar-refractivity contribution in [2.45, 2.75) is 13.0 Å². The molecule has 2 nitrogen and oxygen atoms in total. The van der Waals surface area contributed by atoms with E-state index in [1.54, 1.807) is 6.20 Å². The third kappa shape index (κ3) is 3.17. The molecule has 0 fully saturated rings. The summed E-state index contributed by atoms with van der Waals surface area (Å²) < 4.78 is 1.03. The number of nitrogens with zero attached hydrogens (tertiary/aromatic N) is 2. The molecule has 0 saturated heterocycles. The second kappa shape index (κ2) is 5.61. The molecular weight excluding hydrogens is 260 g/mol. The number of thioether (sulfide) groups is 1. The van der Waals surface area contributed by atoms with E-state index in [4.69, 9.17) is 0 Å². The molecule has 4 heteroatoms. The molecule has 0 aromatic carbocycles. The molecule has 0 spiro atoms. The zero-order valence-corrected chi connectivity index (χ0v) is 11.1. The van der Waals surface area contributed by atoms with E-state index in [2.05, 4.69) is 52.1 Å². The van der Waals surface area contributed by atoms with Gasteiger partial charge in [0.25, 0.3) is 0 Å². The largest absolute Gasteiger partial charge is 0.370 e. The number of hydrogen-bond donors (Lipinski definition) is 0. The summed E-state index contributed by atoms with van der Waals surface area (Å²) in [5, 5.41) is 0. The first kappa shape index (κ1) is 11.9.